The van der Waals surface area contributed by atoms with Gasteiger partial charge in [0.15, 0.2) is 0 Å². The van der Waals surface area contributed by atoms with Crippen LogP contribution in [0.3, 0.4) is 0 Å². The van der Waals surface area contributed by atoms with Gasteiger partial charge in [-0.1, -0.05) is 12.1 Å². The molecule has 2 rings (SSSR count). The van der Waals surface area contributed by atoms with Crippen molar-refractivity contribution in [1.82, 2.24) is 5.01 Å². The number of anilines is 1. The van der Waals surface area contributed by atoms with E-state index in [1.54, 1.807) is 20.2 Å². The van der Waals surface area contributed by atoms with Crippen molar-refractivity contribution in [2.75, 3.05) is 26.2 Å². The highest BCUT2D eigenvalue weighted by atomic mass is 16.5. The molecule has 2 aromatic carbocycles. The van der Waals surface area contributed by atoms with Crippen molar-refractivity contribution in [3.8, 4) is 5.75 Å². The van der Waals surface area contributed by atoms with E-state index >= 15 is 0 Å². The first-order valence-corrected chi connectivity index (χ1v) is 9.99. The number of aliphatic imine (C=N–C) groups is 1. The third-order valence-electron chi connectivity index (χ3n) is 5.13. The molecular formula is C23H32N6O3. The van der Waals surface area contributed by atoms with Gasteiger partial charge in [0.2, 0.25) is 5.90 Å². The summed E-state index contributed by atoms with van der Waals surface area (Å²) in [6, 6.07) is 10.6. The average molecular weight is 441 g/mol. The Hall–Kier alpha value is -3.56. The molecule has 0 spiro atoms. The van der Waals surface area contributed by atoms with E-state index in [0.29, 0.717) is 23.0 Å². The Morgan fingerprint density at radius 1 is 1.12 bits per heavy atom. The quantitative estimate of drug-likeness (QED) is 0.208. The van der Waals surface area contributed by atoms with E-state index in [4.69, 9.17) is 26.9 Å². The van der Waals surface area contributed by atoms with Gasteiger partial charge in [0.05, 0.1) is 12.8 Å². The fourth-order valence-corrected chi connectivity index (χ4v) is 3.25. The maximum absolute atomic E-state index is 12.2. The standard InChI is InChI=1S/C23H32N6O3/c1-14-8-7-9-19(29(26)23(30)28(5)25)18(14)13-32-20-11-10-17(12-15(20)2)21(24)16(3)22(27-4)31-6/h7-12H,13,24-26H2,1-6H3. The van der Waals surface area contributed by atoms with Crippen molar-refractivity contribution < 1.29 is 14.3 Å². The van der Waals surface area contributed by atoms with Crippen LogP contribution in [0.4, 0.5) is 10.5 Å². The van der Waals surface area contributed by atoms with Crippen molar-refractivity contribution in [3.05, 3.63) is 64.2 Å². The highest BCUT2D eigenvalue weighted by Gasteiger charge is 2.19. The number of benzene rings is 2. The molecule has 0 saturated heterocycles. The van der Waals surface area contributed by atoms with Crippen LogP contribution in [0.15, 0.2) is 47.0 Å². The van der Waals surface area contributed by atoms with Crippen LogP contribution < -0.4 is 27.2 Å². The van der Waals surface area contributed by atoms with Crippen LogP contribution in [-0.2, 0) is 11.3 Å². The van der Waals surface area contributed by atoms with Gasteiger partial charge in [-0.3, -0.25) is 10.0 Å². The Bertz CT molecular complexity index is 1050. The number of urea groups is 1. The number of rotatable bonds is 6. The Labute approximate surface area is 189 Å². The van der Waals surface area contributed by atoms with Crippen LogP contribution in [0.25, 0.3) is 5.70 Å². The second kappa shape index (κ2) is 10.7. The zero-order valence-corrected chi connectivity index (χ0v) is 19.5. The molecule has 6 N–H and O–H groups in total. The number of amides is 2. The average Bonchev–Trinajstić information content (AvgIpc) is 2.77. The van der Waals surface area contributed by atoms with Crippen molar-refractivity contribution in [2.24, 2.45) is 22.4 Å². The van der Waals surface area contributed by atoms with Crippen LogP contribution in [0.2, 0.25) is 0 Å². The van der Waals surface area contributed by atoms with Crippen molar-refractivity contribution in [1.29, 1.82) is 0 Å². The van der Waals surface area contributed by atoms with Gasteiger partial charge in [-0.2, -0.15) is 0 Å². The highest BCUT2D eigenvalue weighted by Crippen LogP contribution is 2.28. The second-order valence-corrected chi connectivity index (χ2v) is 7.38. The molecule has 9 heteroatoms. The van der Waals surface area contributed by atoms with Gasteiger partial charge in [0, 0.05) is 30.9 Å². The molecule has 0 saturated carbocycles. The molecule has 172 valence electrons. The predicted octanol–water partition coefficient (Wildman–Crippen LogP) is 2.85. The number of nitrogens with two attached hydrogens (primary N) is 3. The number of ether oxygens (including phenoxy) is 2. The van der Waals surface area contributed by atoms with Crippen molar-refractivity contribution in [3.63, 3.8) is 0 Å². The number of nitrogens with zero attached hydrogens (tertiary/aromatic N) is 3. The van der Waals surface area contributed by atoms with Crippen molar-refractivity contribution >= 4 is 23.3 Å². The molecular weight excluding hydrogens is 408 g/mol. The monoisotopic (exact) mass is 440 g/mol. The second-order valence-electron chi connectivity index (χ2n) is 7.38. The van der Waals surface area contributed by atoms with E-state index in [-0.39, 0.29) is 6.61 Å². The zero-order chi connectivity index (χ0) is 24.0. The molecule has 0 aliphatic rings. The number of carbonyl (C=O) groups is 1. The first-order valence-electron chi connectivity index (χ1n) is 9.99. The number of hydrogen-bond acceptors (Lipinski definition) is 7. The van der Waals surface area contributed by atoms with Gasteiger partial charge >= 0.3 is 6.03 Å². The molecule has 0 unspecified atom stereocenters. The topological polar surface area (TPSA) is 132 Å². The SMILES string of the molecule is CN=C(OC)C(C)=C(N)c1ccc(OCc2c(C)cccc2N(N)C(=O)N(C)N)c(C)c1. The molecule has 0 bridgehead atoms. The minimum atomic E-state index is -0.541. The summed E-state index contributed by atoms with van der Waals surface area (Å²) in [5.74, 6) is 12.7. The van der Waals surface area contributed by atoms with E-state index in [0.717, 1.165) is 37.8 Å². The van der Waals surface area contributed by atoms with Gasteiger partial charge in [0.1, 0.15) is 12.4 Å². The molecule has 2 amide bonds. The lowest BCUT2D eigenvalue weighted by atomic mass is 10.0. The normalized spacial score (nSPS) is 12.2. The number of hydrogen-bond donors (Lipinski definition) is 3. The van der Waals surface area contributed by atoms with Crippen LogP contribution >= 0.6 is 0 Å². The summed E-state index contributed by atoms with van der Waals surface area (Å²) < 4.78 is 11.3. The maximum Gasteiger partial charge on any atom is 0.352 e. The number of methoxy groups -OCH3 is 1. The molecule has 0 aliphatic heterocycles. The van der Waals surface area contributed by atoms with Crippen LogP contribution in [-0.4, -0.2) is 38.1 Å². The van der Waals surface area contributed by atoms with Gasteiger partial charge < -0.3 is 15.2 Å². The third-order valence-corrected chi connectivity index (χ3v) is 5.13. The molecule has 9 nitrogen and oxygen atoms in total. The molecule has 0 fully saturated rings. The molecule has 0 aromatic heterocycles. The third kappa shape index (κ3) is 5.37. The van der Waals surface area contributed by atoms with Crippen LogP contribution in [0.1, 0.15) is 29.2 Å². The Morgan fingerprint density at radius 2 is 1.81 bits per heavy atom. The van der Waals surface area contributed by atoms with Crippen LogP contribution in [0.5, 0.6) is 5.75 Å². The van der Waals surface area contributed by atoms with Crippen molar-refractivity contribution in [2.45, 2.75) is 27.4 Å². The number of aryl methyl sites for hydroxylation is 2. The van der Waals surface area contributed by atoms with E-state index in [1.165, 1.54) is 7.05 Å². The lowest BCUT2D eigenvalue weighted by Gasteiger charge is -2.24. The maximum atomic E-state index is 12.2. The summed E-state index contributed by atoms with van der Waals surface area (Å²) in [5, 5.41) is 1.94. The lowest BCUT2D eigenvalue weighted by Crippen LogP contribution is -2.49. The molecule has 0 atom stereocenters. The lowest BCUT2D eigenvalue weighted by molar-refractivity contribution is 0.216. The van der Waals surface area contributed by atoms with Crippen LogP contribution in [0, 0.1) is 13.8 Å². The molecule has 0 heterocycles. The summed E-state index contributed by atoms with van der Waals surface area (Å²) in [7, 11) is 4.64. The van der Waals surface area contributed by atoms with E-state index in [9.17, 15) is 4.79 Å². The summed E-state index contributed by atoms with van der Waals surface area (Å²) in [6.07, 6.45) is 0. The Morgan fingerprint density at radius 3 is 2.38 bits per heavy atom. The first kappa shape index (κ1) is 24.7. The smallest absolute Gasteiger partial charge is 0.352 e. The van der Waals surface area contributed by atoms with Gasteiger partial charge in [-0.15, -0.1) is 0 Å². The summed E-state index contributed by atoms with van der Waals surface area (Å²) >= 11 is 0. The minimum Gasteiger partial charge on any atom is -0.489 e. The van der Waals surface area contributed by atoms with E-state index < -0.39 is 6.03 Å². The Kier molecular flexibility index (Phi) is 8.22. The number of carbonyl (C=O) groups excluding carboxylic acids is 1. The van der Waals surface area contributed by atoms with Gasteiger partial charge in [0.25, 0.3) is 0 Å². The van der Waals surface area contributed by atoms with Gasteiger partial charge in [-0.25, -0.2) is 21.5 Å². The first-order chi connectivity index (χ1) is 15.1. The van der Waals surface area contributed by atoms with E-state index in [1.807, 2.05) is 51.1 Å². The predicted molar refractivity (Wildman–Crippen MR) is 128 cm³/mol. The highest BCUT2D eigenvalue weighted by molar-refractivity contribution is 6.00. The largest absolute Gasteiger partial charge is 0.489 e. The number of hydrazine groups is 2. The van der Waals surface area contributed by atoms with E-state index in [2.05, 4.69) is 4.99 Å². The minimum absolute atomic E-state index is 0.220. The fraction of sp³-hybridized carbons (Fsp3) is 0.304. The molecule has 0 aliphatic carbocycles. The fourth-order valence-electron chi connectivity index (χ4n) is 3.25. The molecule has 32 heavy (non-hydrogen) atoms. The molecule has 2 aromatic rings. The summed E-state index contributed by atoms with van der Waals surface area (Å²) in [4.78, 5) is 16.3. The summed E-state index contributed by atoms with van der Waals surface area (Å²) in [5.41, 5.74) is 11.6. The summed E-state index contributed by atoms with van der Waals surface area (Å²) in [6.45, 7) is 5.95. The van der Waals surface area contributed by atoms with Gasteiger partial charge in [-0.05, 0) is 61.7 Å². The molecule has 0 radical (unpaired) electrons. The Balaban J connectivity index is 2.30. The zero-order valence-electron chi connectivity index (χ0n) is 19.5.